The van der Waals surface area contributed by atoms with Crippen LogP contribution in [-0.4, -0.2) is 177 Å². The summed E-state index contributed by atoms with van der Waals surface area (Å²) in [5.41, 5.74) is 21.2. The number of rotatable bonds is 17. The van der Waals surface area contributed by atoms with Gasteiger partial charge < -0.3 is 84.1 Å². The van der Waals surface area contributed by atoms with Crippen molar-refractivity contribution in [1.29, 1.82) is 0 Å². The van der Waals surface area contributed by atoms with Gasteiger partial charge in [-0.1, -0.05) is 74.4 Å². The summed E-state index contributed by atoms with van der Waals surface area (Å²) in [5.74, 6) is -6.51. The Kier molecular flexibility index (Phi) is 22.4. The number of aliphatic hydroxyl groups excluding tert-OH is 3. The van der Waals surface area contributed by atoms with Crippen molar-refractivity contribution in [1.82, 2.24) is 36.4 Å². The van der Waals surface area contributed by atoms with Gasteiger partial charge in [-0.3, -0.25) is 38.4 Å². The van der Waals surface area contributed by atoms with Gasteiger partial charge in [0.05, 0.1) is 43.2 Å². The van der Waals surface area contributed by atoms with E-state index in [1.54, 1.807) is 24.3 Å². The second-order valence-corrected chi connectivity index (χ2v) is 21.7. The predicted molar refractivity (Wildman–Crippen MR) is 315 cm³/mol. The molecule has 1 unspecified atom stereocenters. The maximum atomic E-state index is 14.6. The van der Waals surface area contributed by atoms with E-state index in [-0.39, 0.29) is 74.6 Å². The topological polar surface area (TPSA) is 396 Å². The SMILES string of the molecule is CCCCCOc1ccc(-c2ccc(-c3ccc(C(=O)N[C@H]4CCCNC(=O)C5C[C@H](N=C(N)N)CN5C(=O)[C@H]([C@@H](C)O)NC(=O)[C@H](CCc5ccc(O)c(NC(=O)CN)c5)NC(=O)[C@@H]5C[C@@H](O)CN5C(=O)[C@H]([C@@H](C)O)NC4=O)cc3)cc2)cc1. The van der Waals surface area contributed by atoms with Crippen molar-refractivity contribution >= 4 is 58.9 Å². The Hall–Kier alpha value is -8.65. The number of amides is 8. The first-order valence-corrected chi connectivity index (χ1v) is 28.6. The number of nitrogens with two attached hydrogens (primary N) is 3. The Morgan fingerprint density at radius 2 is 1.32 bits per heavy atom. The van der Waals surface area contributed by atoms with E-state index in [1.165, 1.54) is 32.0 Å². The van der Waals surface area contributed by atoms with Crippen LogP contribution in [0.4, 0.5) is 5.69 Å². The van der Waals surface area contributed by atoms with Crippen LogP contribution in [0.5, 0.6) is 11.5 Å². The molecule has 8 amide bonds. The van der Waals surface area contributed by atoms with Crippen molar-refractivity contribution in [2.45, 2.75) is 139 Å². The van der Waals surface area contributed by atoms with Gasteiger partial charge in [-0.2, -0.15) is 0 Å². The summed E-state index contributed by atoms with van der Waals surface area (Å²) in [6.45, 7) is 4.11. The lowest BCUT2D eigenvalue weighted by molar-refractivity contribution is -0.145. The number of fused-ring (bicyclic) bond motifs is 2. The Balaban J connectivity index is 1.15. The zero-order valence-corrected chi connectivity index (χ0v) is 47.9. The van der Waals surface area contributed by atoms with E-state index in [1.807, 2.05) is 48.5 Å². The third-order valence-corrected chi connectivity index (χ3v) is 15.2. The molecule has 25 nitrogen and oxygen atoms in total. The van der Waals surface area contributed by atoms with Crippen LogP contribution >= 0.6 is 0 Å². The summed E-state index contributed by atoms with van der Waals surface area (Å²) in [7, 11) is 0. The van der Waals surface area contributed by atoms with Gasteiger partial charge in [-0.05, 0) is 110 Å². The number of aliphatic imine (C=N–C) groups is 1. The number of carbonyl (C=O) groups is 8. The first-order chi connectivity index (χ1) is 40.6. The Labute approximate surface area is 492 Å². The van der Waals surface area contributed by atoms with Crippen LogP contribution in [0.2, 0.25) is 0 Å². The van der Waals surface area contributed by atoms with Crippen molar-refractivity contribution in [2.24, 2.45) is 22.2 Å². The zero-order valence-electron chi connectivity index (χ0n) is 47.9. The van der Waals surface area contributed by atoms with E-state index in [0.29, 0.717) is 12.2 Å². The van der Waals surface area contributed by atoms with Gasteiger partial charge in [-0.25, -0.2) is 4.99 Å². The quantitative estimate of drug-likeness (QED) is 0.0292. The molecule has 85 heavy (non-hydrogen) atoms. The summed E-state index contributed by atoms with van der Waals surface area (Å²) < 4.78 is 5.86. The minimum absolute atomic E-state index is 0.00425. The number of anilines is 1. The van der Waals surface area contributed by atoms with Crippen LogP contribution < -0.4 is 53.8 Å². The van der Waals surface area contributed by atoms with Crippen molar-refractivity contribution in [3.8, 4) is 33.8 Å². The first-order valence-electron chi connectivity index (χ1n) is 28.6. The number of benzene rings is 4. The molecule has 0 saturated carbocycles. The van der Waals surface area contributed by atoms with Gasteiger partial charge >= 0.3 is 0 Å². The largest absolute Gasteiger partial charge is 0.506 e. The van der Waals surface area contributed by atoms with Crippen molar-refractivity contribution in [2.75, 3.05) is 38.1 Å². The molecule has 7 rings (SSSR count). The number of ether oxygens (including phenoxy) is 1. The molecule has 3 heterocycles. The molecule has 16 N–H and O–H groups in total. The number of carbonyl (C=O) groups excluding carboxylic acids is 8. The van der Waals surface area contributed by atoms with Gasteiger partial charge in [0.1, 0.15) is 47.8 Å². The molecule has 25 heteroatoms. The maximum Gasteiger partial charge on any atom is 0.251 e. The number of unbranched alkanes of at least 4 members (excludes halogenated alkanes) is 2. The maximum absolute atomic E-state index is 14.6. The summed E-state index contributed by atoms with van der Waals surface area (Å²) in [5, 5.41) is 59.3. The Morgan fingerprint density at radius 3 is 1.91 bits per heavy atom. The fourth-order valence-electron chi connectivity index (χ4n) is 10.5. The number of guanidine groups is 1. The van der Waals surface area contributed by atoms with Crippen LogP contribution in [-0.2, 0) is 40.0 Å². The molecule has 0 radical (unpaired) electrons. The van der Waals surface area contributed by atoms with Crippen LogP contribution in [0.3, 0.4) is 0 Å². The van der Waals surface area contributed by atoms with E-state index in [2.05, 4.69) is 43.8 Å². The van der Waals surface area contributed by atoms with E-state index in [0.717, 1.165) is 57.1 Å². The van der Waals surface area contributed by atoms with E-state index >= 15 is 0 Å². The fraction of sp³-hybridized carbons (Fsp3) is 0.450. The summed E-state index contributed by atoms with van der Waals surface area (Å²) >= 11 is 0. The minimum Gasteiger partial charge on any atom is -0.506 e. The molecule has 4 aromatic carbocycles. The second kappa shape index (κ2) is 29.7. The van der Waals surface area contributed by atoms with Crippen LogP contribution in [0.15, 0.2) is 96.0 Å². The van der Waals surface area contributed by atoms with Crippen LogP contribution in [0.1, 0.15) is 88.1 Å². The van der Waals surface area contributed by atoms with Crippen LogP contribution in [0.25, 0.3) is 22.3 Å². The third-order valence-electron chi connectivity index (χ3n) is 15.2. The zero-order chi connectivity index (χ0) is 61.5. The smallest absolute Gasteiger partial charge is 0.251 e. The highest BCUT2D eigenvalue weighted by atomic mass is 16.5. The normalized spacial score (nSPS) is 23.4. The molecule has 0 spiro atoms. The summed E-state index contributed by atoms with van der Waals surface area (Å²) in [6, 6.07) is 16.8. The number of hydrogen-bond acceptors (Lipinski definition) is 15. The third kappa shape index (κ3) is 17.0. The Bertz CT molecular complexity index is 3050. The highest BCUT2D eigenvalue weighted by Gasteiger charge is 2.46. The Morgan fingerprint density at radius 1 is 0.741 bits per heavy atom. The number of phenols is 1. The van der Waals surface area contributed by atoms with Crippen LogP contribution in [0, 0.1) is 0 Å². The molecular weight excluding hydrogens is 1100 g/mol. The average molecular weight is 1180 g/mol. The number of hydrogen-bond donors (Lipinski definition) is 13. The number of nitrogens with one attached hydrogen (secondary N) is 6. The monoisotopic (exact) mass is 1170 g/mol. The lowest BCUT2D eigenvalue weighted by Crippen LogP contribution is -2.61. The number of phenolic OH excluding ortho intramolecular Hbond substituents is 1. The number of aryl methyl sites for hydroxylation is 1. The fourth-order valence-corrected chi connectivity index (χ4v) is 10.5. The standard InChI is InChI=1S/C60H78N12O13/c1-4-5-6-26-85-43-21-19-39(20-22-43)37-13-11-36(12-14-37)38-15-17-40(18-16-38)53(78)67-44-8-7-25-64-56(81)47-28-41(65-60(62)63)31-71(47)58(83)51(33(2)73)70-55(80)45(23-9-35-10-24-49(76)46(27-35)66-50(77)30-61)68-57(82)48-29-42(75)32-72(48)59(84)52(34(3)74)69-54(44)79/h10-22,24,27,33-34,41-42,44-45,47-48,51-52,73-76H,4-9,23,25-26,28-32,61H2,1-3H3,(H,64,81)(H,66,77)(H,67,78)(H,68,82)(H,69,79)(H,70,80)(H4,62,63,65)/t33-,34-,41+,42-,44+,45+,47?,48+,51+,52+/m1/s1. The van der Waals surface area contributed by atoms with Gasteiger partial charge in [0.15, 0.2) is 5.96 Å². The van der Waals surface area contributed by atoms with E-state index in [4.69, 9.17) is 21.9 Å². The average Bonchev–Trinajstić information content (AvgIpc) is 2.69. The lowest BCUT2D eigenvalue weighted by atomic mass is 9.99. The molecule has 4 aromatic rings. The molecule has 0 aliphatic carbocycles. The molecule has 3 saturated heterocycles. The van der Waals surface area contributed by atoms with Crippen molar-refractivity contribution in [3.63, 3.8) is 0 Å². The minimum atomic E-state index is -1.74. The summed E-state index contributed by atoms with van der Waals surface area (Å²) in [6.07, 6.45) is -2.06. The molecule has 3 aliphatic heterocycles. The number of nitrogens with zero attached hydrogens (tertiary/aromatic N) is 3. The van der Waals surface area contributed by atoms with Gasteiger partial charge in [-0.15, -0.1) is 0 Å². The first kappa shape index (κ1) is 63.9. The lowest BCUT2D eigenvalue weighted by Gasteiger charge is -2.32. The number of aliphatic hydroxyl groups is 3. The molecule has 456 valence electrons. The molecule has 3 fully saturated rings. The molecule has 0 aromatic heterocycles. The highest BCUT2D eigenvalue weighted by Crippen LogP contribution is 2.29. The summed E-state index contributed by atoms with van der Waals surface area (Å²) in [4.78, 5) is 119. The van der Waals surface area contributed by atoms with Gasteiger partial charge in [0.2, 0.25) is 41.4 Å². The molecular formula is C60H78N12O13. The van der Waals surface area contributed by atoms with E-state index in [9.17, 15) is 58.8 Å². The number of aromatic hydroxyl groups is 1. The van der Waals surface area contributed by atoms with E-state index < -0.39 is 121 Å². The molecule has 0 bridgehead atoms. The predicted octanol–water partition coefficient (Wildman–Crippen LogP) is 0.254. The molecule has 3 aliphatic rings. The van der Waals surface area contributed by atoms with Gasteiger partial charge in [0.25, 0.3) is 5.91 Å². The van der Waals surface area contributed by atoms with Gasteiger partial charge in [0, 0.05) is 38.0 Å². The van der Waals surface area contributed by atoms with Crippen molar-refractivity contribution in [3.05, 3.63) is 102 Å². The second-order valence-electron chi connectivity index (χ2n) is 21.7. The molecule has 10 atom stereocenters. The highest BCUT2D eigenvalue weighted by molar-refractivity contribution is 6.00. The van der Waals surface area contributed by atoms with Crippen molar-refractivity contribution < 1.29 is 63.5 Å².